The van der Waals surface area contributed by atoms with E-state index in [2.05, 4.69) is 50.3 Å². The van der Waals surface area contributed by atoms with E-state index < -0.39 is 26.5 Å². The summed E-state index contributed by atoms with van der Waals surface area (Å²) >= 11 is 0. The summed E-state index contributed by atoms with van der Waals surface area (Å²) in [4.78, 5) is 37.9. The molecule has 0 aromatic carbocycles. The second-order valence-corrected chi connectivity index (χ2v) is 24.2. The van der Waals surface area contributed by atoms with Crippen LogP contribution in [0.5, 0.6) is 0 Å². The number of phosphoric acid groups is 1. The lowest BCUT2D eigenvalue weighted by molar-refractivity contribution is -0.870. The van der Waals surface area contributed by atoms with Crippen molar-refractivity contribution in [3.8, 4) is 0 Å². The van der Waals surface area contributed by atoms with Gasteiger partial charge in [-0.1, -0.05) is 281 Å². The van der Waals surface area contributed by atoms with Crippen LogP contribution in [0, 0.1) is 0 Å². The number of phosphoric ester groups is 1. The number of likely N-dealkylation sites (N-methyl/N-ethyl adjacent to an activating group) is 1. The maximum Gasteiger partial charge on any atom is 0.306 e. The minimum atomic E-state index is -4.64. The highest BCUT2D eigenvalue weighted by Crippen LogP contribution is 2.38. The fraction of sp³-hybridized carbons (Fsp3) is 0.875. The molecule has 2 atom stereocenters. The van der Waals surface area contributed by atoms with Crippen LogP contribution in [0.2, 0.25) is 0 Å². The zero-order chi connectivity index (χ0) is 54.2. The van der Waals surface area contributed by atoms with Gasteiger partial charge in [-0.05, 0) is 51.4 Å². The molecular weight excluding hydrogens is 942 g/mol. The second kappa shape index (κ2) is 56.0. The van der Waals surface area contributed by atoms with Crippen LogP contribution >= 0.6 is 7.82 Å². The van der Waals surface area contributed by atoms with E-state index in [4.69, 9.17) is 18.5 Å². The van der Waals surface area contributed by atoms with Crippen LogP contribution in [0.4, 0.5) is 0 Å². The predicted molar refractivity (Wildman–Crippen MR) is 314 cm³/mol. The molecule has 0 aromatic rings. The first-order valence-electron chi connectivity index (χ1n) is 31.7. The Bertz CT molecular complexity index is 1340. The molecule has 10 heteroatoms. The summed E-state index contributed by atoms with van der Waals surface area (Å²) in [5.41, 5.74) is 0. The first kappa shape index (κ1) is 72.2. The maximum absolute atomic E-state index is 12.8. The molecule has 0 rings (SSSR count). The third-order valence-corrected chi connectivity index (χ3v) is 15.1. The molecule has 0 spiro atoms. The van der Waals surface area contributed by atoms with Crippen molar-refractivity contribution >= 4 is 19.8 Å². The van der Waals surface area contributed by atoms with Crippen molar-refractivity contribution in [2.24, 2.45) is 0 Å². The summed E-state index contributed by atoms with van der Waals surface area (Å²) in [5, 5.41) is 0. The van der Waals surface area contributed by atoms with Crippen molar-refractivity contribution in [3.63, 3.8) is 0 Å². The van der Waals surface area contributed by atoms with Crippen molar-refractivity contribution in [1.29, 1.82) is 0 Å². The van der Waals surface area contributed by atoms with Gasteiger partial charge in [-0.25, -0.2) is 0 Å². The SMILES string of the molecule is CCCCCCC/C=C\C/C=C\C/C=C\CCCCCCCCCCC(=O)OC(COC(=O)CCCCCCCCCCCCCCCCCCCCCCCCCCCCC)COP(=O)([O-])OCC[N+](C)(C)C. The first-order chi connectivity index (χ1) is 36.0. The highest BCUT2D eigenvalue weighted by Gasteiger charge is 2.22. The number of quaternary nitrogens is 1. The summed E-state index contributed by atoms with van der Waals surface area (Å²) in [6.45, 7) is 4.27. The summed E-state index contributed by atoms with van der Waals surface area (Å²) < 4.78 is 34.2. The molecular formula is C64H122NO8P. The van der Waals surface area contributed by atoms with E-state index >= 15 is 0 Å². The van der Waals surface area contributed by atoms with Crippen LogP contribution in [-0.4, -0.2) is 70.0 Å². The predicted octanol–water partition coefficient (Wildman–Crippen LogP) is 19.3. The quantitative estimate of drug-likeness (QED) is 0.0195. The lowest BCUT2D eigenvalue weighted by Gasteiger charge is -2.28. The highest BCUT2D eigenvalue weighted by molar-refractivity contribution is 7.45. The summed E-state index contributed by atoms with van der Waals surface area (Å²) in [6, 6.07) is 0. The zero-order valence-corrected chi connectivity index (χ0v) is 50.5. The van der Waals surface area contributed by atoms with E-state index in [-0.39, 0.29) is 32.0 Å². The number of carbonyl (C=O) groups excluding carboxylic acids is 2. The third kappa shape index (κ3) is 59.5. The molecule has 0 aliphatic carbocycles. The standard InChI is InChI=1S/C64H122NO8P/c1-6-8-10-12-14-16-18-20-22-24-26-28-30-31-32-33-35-36-38-40-42-44-46-48-50-52-54-56-63(66)70-60-62(61-72-74(68,69)71-59-58-65(3,4)5)73-64(67)57-55-53-51-49-47-45-43-41-39-37-34-29-27-25-23-21-19-17-15-13-11-9-7-2/h19,21,25,27,34,37,62H,6-18,20,22-24,26,28-33,35-36,38-61H2,1-5H3/b21-19-,27-25-,37-34-. The van der Waals surface area contributed by atoms with Gasteiger partial charge >= 0.3 is 11.9 Å². The highest BCUT2D eigenvalue weighted by atomic mass is 31.2. The molecule has 0 amide bonds. The Labute approximate surface area is 459 Å². The molecule has 0 N–H and O–H groups in total. The largest absolute Gasteiger partial charge is 0.756 e. The number of esters is 2. The van der Waals surface area contributed by atoms with Crippen molar-refractivity contribution in [1.82, 2.24) is 0 Å². The van der Waals surface area contributed by atoms with E-state index in [1.165, 1.54) is 218 Å². The zero-order valence-electron chi connectivity index (χ0n) is 49.6. The molecule has 2 unspecified atom stereocenters. The Morgan fingerprint density at radius 2 is 0.730 bits per heavy atom. The van der Waals surface area contributed by atoms with Crippen LogP contribution in [0.15, 0.2) is 36.5 Å². The maximum atomic E-state index is 12.8. The van der Waals surface area contributed by atoms with Crippen LogP contribution < -0.4 is 4.89 Å². The number of carbonyl (C=O) groups is 2. The molecule has 0 radical (unpaired) electrons. The third-order valence-electron chi connectivity index (χ3n) is 14.2. The average molecular weight is 1060 g/mol. The molecule has 9 nitrogen and oxygen atoms in total. The van der Waals surface area contributed by atoms with E-state index in [0.29, 0.717) is 17.4 Å². The van der Waals surface area contributed by atoms with E-state index in [1.807, 2.05) is 21.1 Å². The second-order valence-electron chi connectivity index (χ2n) is 22.8. The van der Waals surface area contributed by atoms with E-state index in [0.717, 1.165) is 57.8 Å². The van der Waals surface area contributed by atoms with Gasteiger partial charge in [0, 0.05) is 12.8 Å². The Morgan fingerprint density at radius 1 is 0.419 bits per heavy atom. The van der Waals surface area contributed by atoms with Gasteiger partial charge in [0.25, 0.3) is 7.82 Å². The molecule has 0 aliphatic rings. The number of hydrogen-bond donors (Lipinski definition) is 0. The monoisotopic (exact) mass is 1060 g/mol. The van der Waals surface area contributed by atoms with Gasteiger partial charge in [0.05, 0.1) is 27.7 Å². The van der Waals surface area contributed by atoms with Crippen LogP contribution in [0.25, 0.3) is 0 Å². The Hall–Kier alpha value is -1.77. The topological polar surface area (TPSA) is 111 Å². The minimum absolute atomic E-state index is 0.0310. The van der Waals surface area contributed by atoms with Crippen LogP contribution in [0.1, 0.15) is 309 Å². The molecule has 0 fully saturated rings. The van der Waals surface area contributed by atoms with Gasteiger partial charge in [0.2, 0.25) is 0 Å². The normalized spacial score (nSPS) is 13.4. The average Bonchev–Trinajstić information content (AvgIpc) is 3.36. The molecule has 0 saturated carbocycles. The number of ether oxygens (including phenoxy) is 2. The van der Waals surface area contributed by atoms with Gasteiger partial charge in [0.1, 0.15) is 19.8 Å². The van der Waals surface area contributed by atoms with Gasteiger partial charge < -0.3 is 27.9 Å². The van der Waals surface area contributed by atoms with Crippen LogP contribution in [-0.2, 0) is 32.7 Å². The Kier molecular flexibility index (Phi) is 54.6. The number of hydrogen-bond acceptors (Lipinski definition) is 8. The Morgan fingerprint density at radius 3 is 1.08 bits per heavy atom. The van der Waals surface area contributed by atoms with Crippen molar-refractivity contribution in [3.05, 3.63) is 36.5 Å². The summed E-state index contributed by atoms with van der Waals surface area (Å²) in [6.07, 6.45) is 69.2. The fourth-order valence-corrected chi connectivity index (χ4v) is 9.98. The number of allylic oxidation sites excluding steroid dienone is 6. The van der Waals surface area contributed by atoms with Gasteiger partial charge in [0.15, 0.2) is 6.10 Å². The van der Waals surface area contributed by atoms with Gasteiger partial charge in [-0.2, -0.15) is 0 Å². The molecule has 436 valence electrons. The molecule has 0 aromatic heterocycles. The van der Waals surface area contributed by atoms with Crippen molar-refractivity contribution in [2.75, 3.05) is 47.5 Å². The molecule has 0 saturated heterocycles. The molecule has 0 heterocycles. The number of rotatable bonds is 59. The van der Waals surface area contributed by atoms with E-state index in [9.17, 15) is 19.0 Å². The number of nitrogens with zero attached hydrogens (tertiary/aromatic N) is 1. The van der Waals surface area contributed by atoms with Crippen LogP contribution in [0.3, 0.4) is 0 Å². The molecule has 74 heavy (non-hydrogen) atoms. The first-order valence-corrected chi connectivity index (χ1v) is 33.2. The van der Waals surface area contributed by atoms with Crippen molar-refractivity contribution in [2.45, 2.75) is 315 Å². The molecule has 0 bridgehead atoms. The lowest BCUT2D eigenvalue weighted by Crippen LogP contribution is -2.37. The Balaban J connectivity index is 4.09. The summed E-state index contributed by atoms with van der Waals surface area (Å²) in [5.74, 6) is -0.826. The summed E-state index contributed by atoms with van der Waals surface area (Å²) in [7, 11) is 1.17. The molecule has 0 aliphatic heterocycles. The van der Waals surface area contributed by atoms with Crippen molar-refractivity contribution < 1.29 is 42.1 Å². The minimum Gasteiger partial charge on any atom is -0.756 e. The van der Waals surface area contributed by atoms with Gasteiger partial charge in [-0.15, -0.1) is 0 Å². The lowest BCUT2D eigenvalue weighted by atomic mass is 10.0. The van der Waals surface area contributed by atoms with Gasteiger partial charge in [-0.3, -0.25) is 14.2 Å². The number of unbranched alkanes of at least 4 members (excludes halogenated alkanes) is 39. The fourth-order valence-electron chi connectivity index (χ4n) is 9.25. The smallest absolute Gasteiger partial charge is 0.306 e. The van der Waals surface area contributed by atoms with E-state index in [1.54, 1.807) is 0 Å².